The molecule has 0 saturated carbocycles. The lowest BCUT2D eigenvalue weighted by atomic mass is 10.00. The number of fused-ring (bicyclic) bond motifs is 1. The Morgan fingerprint density at radius 1 is 0.885 bits per heavy atom. The highest BCUT2D eigenvalue weighted by molar-refractivity contribution is 5.94. The van der Waals surface area contributed by atoms with E-state index in [-0.39, 0.29) is 0 Å². The van der Waals surface area contributed by atoms with E-state index >= 15 is 0 Å². The fourth-order valence-corrected chi connectivity index (χ4v) is 3.19. The number of carbonyl (C=O) groups excluding carboxylic acids is 1. The molecule has 0 saturated heterocycles. The maximum atomic E-state index is 11.3. The predicted molar refractivity (Wildman–Crippen MR) is 107 cm³/mol. The quantitative estimate of drug-likeness (QED) is 0.481. The van der Waals surface area contributed by atoms with E-state index in [9.17, 15) is 4.79 Å². The normalized spacial score (nSPS) is 10.7. The van der Waals surface area contributed by atoms with E-state index in [1.54, 1.807) is 0 Å². The van der Waals surface area contributed by atoms with E-state index < -0.39 is 0 Å². The number of aldehydes is 1. The minimum Gasteiger partial charge on any atom is -0.355 e. The number of rotatable bonds is 4. The van der Waals surface area contributed by atoms with Gasteiger partial charge in [0.1, 0.15) is 0 Å². The maximum Gasteiger partial charge on any atom is 0.150 e. The van der Waals surface area contributed by atoms with Gasteiger partial charge in [0, 0.05) is 28.0 Å². The van der Waals surface area contributed by atoms with Gasteiger partial charge in [-0.3, -0.25) is 9.78 Å². The Balaban J connectivity index is 1.76. The topological polar surface area (TPSA) is 42.0 Å². The van der Waals surface area contributed by atoms with Gasteiger partial charge in [0.25, 0.3) is 0 Å². The SMILES string of the molecule is Cc1cc(Nc2cccc(-c3ccccc3C=O)c2)c2ccccc2n1. The molecule has 0 bridgehead atoms. The van der Waals surface area contributed by atoms with Gasteiger partial charge in [0.2, 0.25) is 0 Å². The van der Waals surface area contributed by atoms with E-state index in [1.807, 2.05) is 73.7 Å². The van der Waals surface area contributed by atoms with Crippen LogP contribution in [0.1, 0.15) is 16.1 Å². The molecule has 0 aliphatic carbocycles. The van der Waals surface area contributed by atoms with Crippen LogP contribution in [0.3, 0.4) is 0 Å². The van der Waals surface area contributed by atoms with Crippen molar-refractivity contribution >= 4 is 28.6 Å². The molecule has 0 amide bonds. The summed E-state index contributed by atoms with van der Waals surface area (Å²) in [6.07, 6.45) is 0.898. The van der Waals surface area contributed by atoms with Crippen LogP contribution in [-0.2, 0) is 0 Å². The third-order valence-electron chi connectivity index (χ3n) is 4.38. The first-order valence-corrected chi connectivity index (χ1v) is 8.53. The van der Waals surface area contributed by atoms with Gasteiger partial charge in [-0.25, -0.2) is 0 Å². The van der Waals surface area contributed by atoms with Crippen LogP contribution in [0.2, 0.25) is 0 Å². The molecular weight excluding hydrogens is 320 g/mol. The molecule has 1 aromatic heterocycles. The fourth-order valence-electron chi connectivity index (χ4n) is 3.19. The molecule has 0 radical (unpaired) electrons. The summed E-state index contributed by atoms with van der Waals surface area (Å²) in [6, 6.07) is 25.9. The molecule has 0 unspecified atom stereocenters. The van der Waals surface area contributed by atoms with Gasteiger partial charge < -0.3 is 5.32 Å². The van der Waals surface area contributed by atoms with Crippen molar-refractivity contribution in [3.63, 3.8) is 0 Å². The summed E-state index contributed by atoms with van der Waals surface area (Å²) < 4.78 is 0. The van der Waals surface area contributed by atoms with Crippen molar-refractivity contribution in [2.75, 3.05) is 5.32 Å². The average molecular weight is 338 g/mol. The highest BCUT2D eigenvalue weighted by Gasteiger charge is 2.07. The van der Waals surface area contributed by atoms with Crippen molar-refractivity contribution < 1.29 is 4.79 Å². The Hall–Kier alpha value is -3.46. The van der Waals surface area contributed by atoms with E-state index in [4.69, 9.17) is 0 Å². The van der Waals surface area contributed by atoms with Crippen molar-refractivity contribution in [3.8, 4) is 11.1 Å². The van der Waals surface area contributed by atoms with Gasteiger partial charge >= 0.3 is 0 Å². The molecule has 0 aliphatic rings. The van der Waals surface area contributed by atoms with Crippen LogP contribution in [0.4, 0.5) is 11.4 Å². The fraction of sp³-hybridized carbons (Fsp3) is 0.0435. The van der Waals surface area contributed by atoms with Crippen LogP contribution in [0, 0.1) is 6.92 Å². The van der Waals surface area contributed by atoms with E-state index in [2.05, 4.69) is 22.4 Å². The van der Waals surface area contributed by atoms with Gasteiger partial charge in [-0.05, 0) is 42.3 Å². The Bertz CT molecular complexity index is 1100. The first-order chi connectivity index (χ1) is 12.7. The van der Waals surface area contributed by atoms with Crippen molar-refractivity contribution in [1.82, 2.24) is 4.98 Å². The number of para-hydroxylation sites is 1. The second-order valence-electron chi connectivity index (χ2n) is 6.24. The second-order valence-corrected chi connectivity index (χ2v) is 6.24. The third-order valence-corrected chi connectivity index (χ3v) is 4.38. The zero-order valence-electron chi connectivity index (χ0n) is 14.4. The minimum atomic E-state index is 0.690. The zero-order valence-corrected chi connectivity index (χ0v) is 14.4. The van der Waals surface area contributed by atoms with Gasteiger partial charge in [-0.2, -0.15) is 0 Å². The third kappa shape index (κ3) is 3.07. The smallest absolute Gasteiger partial charge is 0.150 e. The van der Waals surface area contributed by atoms with Crippen molar-refractivity contribution in [1.29, 1.82) is 0 Å². The summed E-state index contributed by atoms with van der Waals surface area (Å²) in [5, 5.41) is 4.59. The van der Waals surface area contributed by atoms with Crippen LogP contribution >= 0.6 is 0 Å². The monoisotopic (exact) mass is 338 g/mol. The molecule has 0 atom stereocenters. The molecule has 126 valence electrons. The highest BCUT2D eigenvalue weighted by Crippen LogP contribution is 2.29. The number of aromatic nitrogens is 1. The number of nitrogens with one attached hydrogen (secondary N) is 1. The molecule has 4 rings (SSSR count). The Morgan fingerprint density at radius 2 is 1.69 bits per heavy atom. The van der Waals surface area contributed by atoms with Crippen LogP contribution < -0.4 is 5.32 Å². The van der Waals surface area contributed by atoms with Crippen LogP contribution in [0.5, 0.6) is 0 Å². The summed E-state index contributed by atoms with van der Waals surface area (Å²) in [7, 11) is 0. The van der Waals surface area contributed by atoms with E-state index in [0.717, 1.165) is 45.4 Å². The van der Waals surface area contributed by atoms with E-state index in [0.29, 0.717) is 5.56 Å². The molecule has 1 N–H and O–H groups in total. The summed E-state index contributed by atoms with van der Waals surface area (Å²) in [5.41, 5.74) is 6.56. The number of aryl methyl sites for hydroxylation is 1. The molecule has 1 heterocycles. The first kappa shape index (κ1) is 16.0. The predicted octanol–water partition coefficient (Wildman–Crippen LogP) is 5.77. The summed E-state index contributed by atoms with van der Waals surface area (Å²) in [5.74, 6) is 0. The first-order valence-electron chi connectivity index (χ1n) is 8.53. The largest absolute Gasteiger partial charge is 0.355 e. The summed E-state index contributed by atoms with van der Waals surface area (Å²) >= 11 is 0. The van der Waals surface area contributed by atoms with Gasteiger partial charge in [0.15, 0.2) is 6.29 Å². The number of hydrogen-bond donors (Lipinski definition) is 1. The van der Waals surface area contributed by atoms with Gasteiger partial charge in [-0.15, -0.1) is 0 Å². The Labute approximate surface area is 152 Å². The average Bonchev–Trinajstić information content (AvgIpc) is 2.68. The second kappa shape index (κ2) is 6.81. The highest BCUT2D eigenvalue weighted by atomic mass is 16.1. The van der Waals surface area contributed by atoms with Crippen molar-refractivity contribution in [2.24, 2.45) is 0 Å². The number of anilines is 2. The van der Waals surface area contributed by atoms with Gasteiger partial charge in [-0.1, -0.05) is 54.6 Å². The van der Waals surface area contributed by atoms with Crippen LogP contribution in [0.15, 0.2) is 78.9 Å². The Morgan fingerprint density at radius 3 is 2.58 bits per heavy atom. The van der Waals surface area contributed by atoms with Gasteiger partial charge in [0.05, 0.1) is 5.52 Å². The zero-order chi connectivity index (χ0) is 17.9. The molecule has 3 aromatic carbocycles. The molecule has 4 aromatic rings. The minimum absolute atomic E-state index is 0.690. The molecular formula is C23H18N2O. The molecule has 3 heteroatoms. The lowest BCUT2D eigenvalue weighted by Crippen LogP contribution is -1.95. The number of benzene rings is 3. The molecule has 0 fully saturated rings. The molecule has 26 heavy (non-hydrogen) atoms. The number of carbonyl (C=O) groups is 1. The van der Waals surface area contributed by atoms with Crippen molar-refractivity contribution in [2.45, 2.75) is 6.92 Å². The maximum absolute atomic E-state index is 11.3. The van der Waals surface area contributed by atoms with Crippen molar-refractivity contribution in [3.05, 3.63) is 90.1 Å². The van der Waals surface area contributed by atoms with E-state index in [1.165, 1.54) is 0 Å². The number of nitrogens with zero attached hydrogens (tertiary/aromatic N) is 1. The number of pyridine rings is 1. The molecule has 0 aliphatic heterocycles. The number of hydrogen-bond acceptors (Lipinski definition) is 3. The summed E-state index contributed by atoms with van der Waals surface area (Å²) in [6.45, 7) is 1.99. The lowest BCUT2D eigenvalue weighted by molar-refractivity contribution is 0.112. The lowest BCUT2D eigenvalue weighted by Gasteiger charge is -2.12. The Kier molecular flexibility index (Phi) is 4.20. The molecule has 0 spiro atoms. The van der Waals surface area contributed by atoms with Crippen LogP contribution in [-0.4, -0.2) is 11.3 Å². The summed E-state index contributed by atoms with van der Waals surface area (Å²) in [4.78, 5) is 15.9. The standard InChI is InChI=1S/C23H18N2O/c1-16-13-23(21-11-4-5-12-22(21)24-16)25-19-9-6-8-17(14-19)20-10-3-2-7-18(20)15-26/h2-15H,1H3,(H,24,25). The van der Waals surface area contributed by atoms with Crippen LogP contribution in [0.25, 0.3) is 22.0 Å². The molecule has 3 nitrogen and oxygen atoms in total.